The number of alkyl halides is 1. The molecule has 2 unspecified atom stereocenters. The molecule has 4 fully saturated rings. The minimum absolute atomic E-state index is 0.708. The molecule has 120 valence electrons. The van der Waals surface area contributed by atoms with Crippen molar-refractivity contribution in [3.05, 3.63) is 0 Å². The smallest absolute Gasteiger partial charge is 0.0179 e. The Balaban J connectivity index is 1.60. The molecule has 0 N–H and O–H groups in total. The molecule has 0 aliphatic heterocycles. The lowest BCUT2D eigenvalue weighted by Gasteiger charge is -2.56. The maximum absolute atomic E-state index is 4.10. The first kappa shape index (κ1) is 15.0. The fourth-order valence-electron chi connectivity index (χ4n) is 7.61. The first-order valence-corrected chi connectivity index (χ1v) is 10.7. The monoisotopic (exact) mass is 352 g/mol. The van der Waals surface area contributed by atoms with E-state index in [9.17, 15) is 0 Å². The number of rotatable bonds is 1. The number of hydrogen-bond donors (Lipinski definition) is 0. The Morgan fingerprint density at radius 1 is 0.952 bits per heavy atom. The Labute approximate surface area is 140 Å². The van der Waals surface area contributed by atoms with Crippen LogP contribution in [0.3, 0.4) is 0 Å². The Morgan fingerprint density at radius 2 is 1.81 bits per heavy atom. The van der Waals surface area contributed by atoms with E-state index >= 15 is 0 Å². The standard InChI is InChI=1S/C20H33Br/c1-3-14-8-10-17-15-9-7-13-5-4-6-18(21)19(13)16(15)11-12-20(14,17)2/h13-19H,3-12H2,1-2H3/t13?,14-,15+,16-,17-,18?,19+,20+/m0/s1. The van der Waals surface area contributed by atoms with E-state index < -0.39 is 0 Å². The molecule has 0 aromatic carbocycles. The molecule has 21 heavy (non-hydrogen) atoms. The van der Waals surface area contributed by atoms with Crippen LogP contribution in [0.2, 0.25) is 0 Å². The molecule has 0 aromatic rings. The van der Waals surface area contributed by atoms with Gasteiger partial charge in [-0.1, -0.05) is 49.0 Å². The zero-order chi connectivity index (χ0) is 14.6. The lowest BCUT2D eigenvalue weighted by Crippen LogP contribution is -2.50. The summed E-state index contributed by atoms with van der Waals surface area (Å²) >= 11 is 4.10. The molecule has 1 heteroatoms. The van der Waals surface area contributed by atoms with Gasteiger partial charge in [0, 0.05) is 4.83 Å². The molecule has 8 atom stereocenters. The quantitative estimate of drug-likeness (QED) is 0.477. The molecule has 0 saturated heterocycles. The zero-order valence-electron chi connectivity index (χ0n) is 14.0. The van der Waals surface area contributed by atoms with Crippen LogP contribution in [-0.2, 0) is 0 Å². The van der Waals surface area contributed by atoms with E-state index in [1.165, 1.54) is 32.1 Å². The maximum atomic E-state index is 4.10. The molecular formula is C20H33Br. The Bertz CT molecular complexity index is 391. The first-order valence-electron chi connectivity index (χ1n) is 9.79. The Kier molecular flexibility index (Phi) is 3.96. The third-order valence-electron chi connectivity index (χ3n) is 8.56. The minimum atomic E-state index is 0.708. The first-order chi connectivity index (χ1) is 10.1. The predicted molar refractivity (Wildman–Crippen MR) is 93.6 cm³/mol. The van der Waals surface area contributed by atoms with Gasteiger partial charge in [0.1, 0.15) is 0 Å². The van der Waals surface area contributed by atoms with Gasteiger partial charge in [-0.05, 0) is 85.9 Å². The van der Waals surface area contributed by atoms with Gasteiger partial charge in [-0.15, -0.1) is 0 Å². The summed E-state index contributed by atoms with van der Waals surface area (Å²) in [5.41, 5.74) is 0.708. The summed E-state index contributed by atoms with van der Waals surface area (Å²) in [7, 11) is 0. The van der Waals surface area contributed by atoms with Crippen molar-refractivity contribution in [1.82, 2.24) is 0 Å². The molecule has 0 amide bonds. The predicted octanol–water partition coefficient (Wildman–Crippen LogP) is 6.43. The van der Waals surface area contributed by atoms with Crippen LogP contribution in [0.4, 0.5) is 0 Å². The van der Waals surface area contributed by atoms with E-state index in [2.05, 4.69) is 29.8 Å². The van der Waals surface area contributed by atoms with Gasteiger partial charge in [-0.25, -0.2) is 0 Å². The number of halogens is 1. The van der Waals surface area contributed by atoms with Gasteiger partial charge in [0.15, 0.2) is 0 Å². The van der Waals surface area contributed by atoms with Crippen molar-refractivity contribution >= 4 is 15.9 Å². The van der Waals surface area contributed by atoms with Crippen molar-refractivity contribution in [2.24, 2.45) is 40.9 Å². The van der Waals surface area contributed by atoms with E-state index in [1.54, 1.807) is 32.1 Å². The molecule has 4 saturated carbocycles. The van der Waals surface area contributed by atoms with Crippen LogP contribution in [0, 0.1) is 40.9 Å². The third kappa shape index (κ3) is 2.19. The average Bonchev–Trinajstić information content (AvgIpc) is 2.83. The minimum Gasteiger partial charge on any atom is -0.0887 e. The van der Waals surface area contributed by atoms with Crippen LogP contribution >= 0.6 is 15.9 Å². The summed E-state index contributed by atoms with van der Waals surface area (Å²) in [6.07, 6.45) is 15.2. The third-order valence-corrected chi connectivity index (χ3v) is 9.63. The summed E-state index contributed by atoms with van der Waals surface area (Å²) in [6.45, 7) is 5.12. The van der Waals surface area contributed by atoms with Gasteiger partial charge in [-0.3, -0.25) is 0 Å². The second kappa shape index (κ2) is 5.53. The molecule has 4 aliphatic carbocycles. The molecule has 0 nitrogen and oxygen atoms in total. The van der Waals surface area contributed by atoms with Gasteiger partial charge >= 0.3 is 0 Å². The number of fused-ring (bicyclic) bond motifs is 5. The van der Waals surface area contributed by atoms with Crippen molar-refractivity contribution in [3.8, 4) is 0 Å². The van der Waals surface area contributed by atoms with Crippen LogP contribution in [-0.4, -0.2) is 4.83 Å². The lowest BCUT2D eigenvalue weighted by atomic mass is 9.49. The van der Waals surface area contributed by atoms with E-state index in [4.69, 9.17) is 0 Å². The van der Waals surface area contributed by atoms with Gasteiger partial charge < -0.3 is 0 Å². The highest BCUT2D eigenvalue weighted by Crippen LogP contribution is 2.65. The second-order valence-electron chi connectivity index (χ2n) is 9.02. The van der Waals surface area contributed by atoms with Crippen LogP contribution in [0.1, 0.15) is 78.1 Å². The molecular weight excluding hydrogens is 320 g/mol. The topological polar surface area (TPSA) is 0 Å². The highest BCUT2D eigenvalue weighted by molar-refractivity contribution is 9.09. The van der Waals surface area contributed by atoms with E-state index in [-0.39, 0.29) is 0 Å². The molecule has 0 heterocycles. The largest absolute Gasteiger partial charge is 0.0887 e. The van der Waals surface area contributed by atoms with Crippen LogP contribution in [0.5, 0.6) is 0 Å². The normalized spacial score (nSPS) is 56.4. The van der Waals surface area contributed by atoms with Gasteiger partial charge in [-0.2, -0.15) is 0 Å². The summed E-state index contributed by atoms with van der Waals surface area (Å²) in [6, 6.07) is 0. The van der Waals surface area contributed by atoms with Crippen molar-refractivity contribution in [1.29, 1.82) is 0 Å². The highest BCUT2D eigenvalue weighted by Gasteiger charge is 2.56. The van der Waals surface area contributed by atoms with E-state index in [0.717, 1.165) is 40.3 Å². The maximum Gasteiger partial charge on any atom is 0.0179 e. The van der Waals surface area contributed by atoms with E-state index in [1.807, 2.05) is 0 Å². The van der Waals surface area contributed by atoms with Crippen LogP contribution in [0.15, 0.2) is 0 Å². The van der Waals surface area contributed by atoms with Crippen molar-refractivity contribution in [3.63, 3.8) is 0 Å². The highest BCUT2D eigenvalue weighted by atomic mass is 79.9. The molecule has 0 radical (unpaired) electrons. The second-order valence-corrected chi connectivity index (χ2v) is 10.2. The van der Waals surface area contributed by atoms with Gasteiger partial charge in [0.25, 0.3) is 0 Å². The SMILES string of the molecule is CC[C@H]1CC[C@H]2[C@@H]3CCC4CCCC(Br)[C@H]4[C@H]3CC[C@]12C. The summed E-state index contributed by atoms with van der Waals surface area (Å²) in [4.78, 5) is 0.844. The van der Waals surface area contributed by atoms with Gasteiger partial charge in [0.05, 0.1) is 0 Å². The molecule has 0 spiro atoms. The Hall–Kier alpha value is 0.480. The van der Waals surface area contributed by atoms with E-state index in [0.29, 0.717) is 5.41 Å². The summed E-state index contributed by atoms with van der Waals surface area (Å²) in [5, 5.41) is 0. The van der Waals surface area contributed by atoms with Crippen LogP contribution < -0.4 is 0 Å². The summed E-state index contributed by atoms with van der Waals surface area (Å²) in [5.74, 6) is 6.36. The average molecular weight is 353 g/mol. The zero-order valence-corrected chi connectivity index (χ0v) is 15.6. The number of hydrogen-bond acceptors (Lipinski definition) is 0. The molecule has 4 rings (SSSR count). The van der Waals surface area contributed by atoms with Crippen molar-refractivity contribution < 1.29 is 0 Å². The molecule has 0 aromatic heterocycles. The van der Waals surface area contributed by atoms with Crippen molar-refractivity contribution in [2.45, 2.75) is 82.9 Å². The van der Waals surface area contributed by atoms with Crippen LogP contribution in [0.25, 0.3) is 0 Å². The Morgan fingerprint density at radius 3 is 2.62 bits per heavy atom. The molecule has 4 aliphatic rings. The summed E-state index contributed by atoms with van der Waals surface area (Å²) < 4.78 is 0. The fourth-order valence-corrected chi connectivity index (χ4v) is 8.75. The van der Waals surface area contributed by atoms with Crippen molar-refractivity contribution in [2.75, 3.05) is 0 Å². The lowest BCUT2D eigenvalue weighted by molar-refractivity contribution is -0.0596. The molecule has 0 bridgehead atoms. The van der Waals surface area contributed by atoms with Gasteiger partial charge in [0.2, 0.25) is 0 Å². The fraction of sp³-hybridized carbons (Fsp3) is 1.00.